The van der Waals surface area contributed by atoms with Crippen LogP contribution in [0.25, 0.3) is 0 Å². The van der Waals surface area contributed by atoms with Gasteiger partial charge >= 0.3 is 0 Å². The Morgan fingerprint density at radius 3 is 2.38 bits per heavy atom. The maximum Gasteiger partial charge on any atom is 0.218 e. The first-order valence-corrected chi connectivity index (χ1v) is 9.90. The molecule has 0 spiro atoms. The smallest absolute Gasteiger partial charge is 0.218 e. The number of anilines is 1. The van der Waals surface area contributed by atoms with Gasteiger partial charge in [-0.15, -0.1) is 23.7 Å². The molecule has 0 aliphatic carbocycles. The van der Waals surface area contributed by atoms with E-state index in [2.05, 4.69) is 9.88 Å². The molecule has 2 aromatic rings. The summed E-state index contributed by atoms with van der Waals surface area (Å²) in [5, 5.41) is 0.573. The lowest BCUT2D eigenvalue weighted by Crippen LogP contribution is -2.48. The molecule has 6 nitrogen and oxygen atoms in total. The van der Waals surface area contributed by atoms with Crippen LogP contribution in [0.4, 0.5) is 5.13 Å². The number of hydrogen-bond acceptors (Lipinski definition) is 6. The molecule has 0 atom stereocenters. The van der Waals surface area contributed by atoms with Gasteiger partial charge < -0.3 is 5.73 Å². The Kier molecular flexibility index (Phi) is 6.59. The predicted octanol–water partition coefficient (Wildman–Crippen LogP) is 1.79. The molecule has 0 unspecified atom stereocenters. The first-order valence-electron chi connectivity index (χ1n) is 7.47. The van der Waals surface area contributed by atoms with E-state index in [0.29, 0.717) is 18.2 Å². The zero-order valence-corrected chi connectivity index (χ0v) is 15.6. The van der Waals surface area contributed by atoms with Crippen molar-refractivity contribution in [1.82, 2.24) is 14.2 Å². The van der Waals surface area contributed by atoms with E-state index < -0.39 is 10.0 Å². The van der Waals surface area contributed by atoms with E-state index in [9.17, 15) is 8.42 Å². The summed E-state index contributed by atoms with van der Waals surface area (Å²) < 4.78 is 26.6. The molecule has 9 heteroatoms. The van der Waals surface area contributed by atoms with E-state index in [-0.39, 0.29) is 18.2 Å². The molecule has 0 bridgehead atoms. The summed E-state index contributed by atoms with van der Waals surface area (Å²) >= 11 is 1.48. The van der Waals surface area contributed by atoms with Crippen LogP contribution in [0, 0.1) is 0 Å². The van der Waals surface area contributed by atoms with Crippen LogP contribution >= 0.6 is 23.7 Å². The number of thiazole rings is 1. The highest BCUT2D eigenvalue weighted by Gasteiger charge is 2.27. The summed E-state index contributed by atoms with van der Waals surface area (Å²) in [5.74, 6) is 0.0687. The Morgan fingerprint density at radius 1 is 1.12 bits per heavy atom. The number of nitrogens with two attached hydrogens (primary N) is 1. The average Bonchev–Trinajstić information content (AvgIpc) is 2.93. The molecule has 1 aromatic carbocycles. The summed E-state index contributed by atoms with van der Waals surface area (Å²) in [7, 11) is -3.25. The normalized spacial score (nSPS) is 16.7. The summed E-state index contributed by atoms with van der Waals surface area (Å²) in [6.07, 6.45) is 1.79. The van der Waals surface area contributed by atoms with Crippen molar-refractivity contribution in [3.05, 3.63) is 47.0 Å². The second kappa shape index (κ2) is 8.26. The van der Waals surface area contributed by atoms with Crippen molar-refractivity contribution in [2.24, 2.45) is 0 Å². The molecular formula is C15H21ClN4O2S2. The second-order valence-corrected chi connectivity index (χ2v) is 8.70. The lowest BCUT2D eigenvalue weighted by molar-refractivity contribution is 0.182. The maximum absolute atomic E-state index is 12.5. The van der Waals surface area contributed by atoms with Gasteiger partial charge in [0.05, 0.1) is 5.75 Å². The van der Waals surface area contributed by atoms with Gasteiger partial charge in [0, 0.05) is 43.8 Å². The molecule has 1 fully saturated rings. The van der Waals surface area contributed by atoms with Crippen LogP contribution in [0.5, 0.6) is 0 Å². The van der Waals surface area contributed by atoms with Crippen molar-refractivity contribution >= 4 is 38.9 Å². The van der Waals surface area contributed by atoms with Crippen molar-refractivity contribution in [2.75, 3.05) is 31.9 Å². The largest absolute Gasteiger partial charge is 0.375 e. The number of nitrogens with zero attached hydrogens (tertiary/aromatic N) is 3. The average molecular weight is 389 g/mol. The molecule has 1 aromatic heterocycles. The Bertz CT molecular complexity index is 744. The molecule has 1 saturated heterocycles. The van der Waals surface area contributed by atoms with E-state index in [1.54, 1.807) is 10.5 Å². The molecule has 2 N–H and O–H groups in total. The van der Waals surface area contributed by atoms with Gasteiger partial charge in [0.1, 0.15) is 0 Å². The Labute approximate surface area is 152 Å². The fourth-order valence-corrected chi connectivity index (χ4v) is 4.90. The third-order valence-electron chi connectivity index (χ3n) is 3.87. The molecule has 0 amide bonds. The zero-order valence-electron chi connectivity index (χ0n) is 13.2. The van der Waals surface area contributed by atoms with Crippen LogP contribution in [-0.2, 0) is 22.3 Å². The topological polar surface area (TPSA) is 79.5 Å². The summed E-state index contributed by atoms with van der Waals surface area (Å²) in [6.45, 7) is 3.30. The van der Waals surface area contributed by atoms with Gasteiger partial charge in [-0.3, -0.25) is 4.90 Å². The molecule has 0 radical (unpaired) electrons. The molecular weight excluding hydrogens is 368 g/mol. The standard InChI is InChI=1S/C15H20N4O2S2.ClH/c16-15-17-10-14(22-15)11-18-6-8-19(9-7-18)23(20,21)12-13-4-2-1-3-5-13;/h1-5,10H,6-9,11-12H2,(H2,16,17);1H. The summed E-state index contributed by atoms with van der Waals surface area (Å²) in [4.78, 5) is 7.40. The van der Waals surface area contributed by atoms with Crippen LogP contribution in [0.1, 0.15) is 10.4 Å². The minimum absolute atomic E-state index is 0. The number of benzene rings is 1. The molecule has 3 rings (SSSR count). The van der Waals surface area contributed by atoms with Crippen LogP contribution in [0.15, 0.2) is 36.5 Å². The highest BCUT2D eigenvalue weighted by atomic mass is 35.5. The van der Waals surface area contributed by atoms with Gasteiger partial charge in [0.15, 0.2) is 5.13 Å². The van der Waals surface area contributed by atoms with Crippen LogP contribution in [0.3, 0.4) is 0 Å². The van der Waals surface area contributed by atoms with Gasteiger partial charge in [0.25, 0.3) is 0 Å². The van der Waals surface area contributed by atoms with Crippen LogP contribution in [-0.4, -0.2) is 48.8 Å². The number of nitrogen functional groups attached to an aromatic ring is 1. The van der Waals surface area contributed by atoms with Gasteiger partial charge in [0.2, 0.25) is 10.0 Å². The predicted molar refractivity (Wildman–Crippen MR) is 99.7 cm³/mol. The zero-order chi connectivity index (χ0) is 16.3. The quantitative estimate of drug-likeness (QED) is 0.844. The van der Waals surface area contributed by atoms with Crippen molar-refractivity contribution < 1.29 is 8.42 Å². The second-order valence-electron chi connectivity index (χ2n) is 5.58. The Balaban J connectivity index is 0.00000208. The van der Waals surface area contributed by atoms with Gasteiger partial charge in [-0.1, -0.05) is 30.3 Å². The number of sulfonamides is 1. The van der Waals surface area contributed by atoms with E-state index in [0.717, 1.165) is 30.1 Å². The van der Waals surface area contributed by atoms with Crippen molar-refractivity contribution in [2.45, 2.75) is 12.3 Å². The highest BCUT2D eigenvalue weighted by Crippen LogP contribution is 2.19. The number of rotatable bonds is 5. The van der Waals surface area contributed by atoms with E-state index >= 15 is 0 Å². The molecule has 1 aliphatic heterocycles. The van der Waals surface area contributed by atoms with Gasteiger partial charge in [-0.05, 0) is 5.56 Å². The van der Waals surface area contributed by atoms with Crippen molar-refractivity contribution in [3.8, 4) is 0 Å². The summed E-state index contributed by atoms with van der Waals surface area (Å²) in [5.41, 5.74) is 6.47. The SMILES string of the molecule is Cl.Nc1ncc(CN2CCN(S(=O)(=O)Cc3ccccc3)CC2)s1. The maximum atomic E-state index is 12.5. The lowest BCUT2D eigenvalue weighted by Gasteiger charge is -2.33. The van der Waals surface area contributed by atoms with E-state index in [4.69, 9.17) is 5.73 Å². The molecule has 0 saturated carbocycles. The Hall–Kier alpha value is -1.19. The minimum Gasteiger partial charge on any atom is -0.375 e. The third-order valence-corrected chi connectivity index (χ3v) is 6.53. The fraction of sp³-hybridized carbons (Fsp3) is 0.400. The molecule has 24 heavy (non-hydrogen) atoms. The first kappa shape index (κ1) is 19.1. The van der Waals surface area contributed by atoms with Crippen molar-refractivity contribution in [3.63, 3.8) is 0 Å². The van der Waals surface area contributed by atoms with Crippen LogP contribution in [0.2, 0.25) is 0 Å². The monoisotopic (exact) mass is 388 g/mol. The fourth-order valence-electron chi connectivity index (χ4n) is 2.66. The number of aromatic nitrogens is 1. The molecule has 2 heterocycles. The lowest BCUT2D eigenvalue weighted by atomic mass is 10.2. The third kappa shape index (κ3) is 4.90. The van der Waals surface area contributed by atoms with Gasteiger partial charge in [-0.2, -0.15) is 4.31 Å². The van der Waals surface area contributed by atoms with E-state index in [1.165, 1.54) is 11.3 Å². The Morgan fingerprint density at radius 2 is 1.79 bits per heavy atom. The number of halogens is 1. The molecule has 132 valence electrons. The van der Waals surface area contributed by atoms with Gasteiger partial charge in [-0.25, -0.2) is 13.4 Å². The van der Waals surface area contributed by atoms with Crippen molar-refractivity contribution in [1.29, 1.82) is 0 Å². The highest BCUT2D eigenvalue weighted by molar-refractivity contribution is 7.88. The number of piperazine rings is 1. The first-order chi connectivity index (χ1) is 11.0. The van der Waals surface area contributed by atoms with Crippen LogP contribution < -0.4 is 5.73 Å². The van der Waals surface area contributed by atoms with E-state index in [1.807, 2.05) is 30.3 Å². The summed E-state index contributed by atoms with van der Waals surface area (Å²) in [6, 6.07) is 9.32. The molecule has 1 aliphatic rings. The minimum atomic E-state index is -3.25. The number of hydrogen-bond donors (Lipinski definition) is 1.